The lowest BCUT2D eigenvalue weighted by molar-refractivity contribution is -0.143. The second-order valence-electron chi connectivity index (χ2n) is 13.1. The van der Waals surface area contributed by atoms with Crippen LogP contribution in [0.15, 0.2) is 84.9 Å². The van der Waals surface area contributed by atoms with Crippen LogP contribution in [0.1, 0.15) is 55.7 Å². The Hall–Kier alpha value is -4.21. The first-order valence-electron chi connectivity index (χ1n) is 16.8. The topological polar surface area (TPSA) is 120 Å². The molecule has 0 spiro atoms. The van der Waals surface area contributed by atoms with E-state index in [2.05, 4.69) is 16.0 Å². The molecule has 1 saturated carbocycles. The molecule has 2 aliphatic rings. The van der Waals surface area contributed by atoms with Gasteiger partial charge in [0.05, 0.1) is 19.3 Å². The van der Waals surface area contributed by atoms with Crippen LogP contribution in [0.3, 0.4) is 0 Å². The molecule has 4 N–H and O–H groups in total. The van der Waals surface area contributed by atoms with Crippen molar-refractivity contribution in [3.05, 3.63) is 102 Å². The molecule has 0 aromatic heterocycles. The number of methoxy groups -OCH3 is 1. The zero-order chi connectivity index (χ0) is 33.2. The average molecular weight is 641 g/mol. The van der Waals surface area contributed by atoms with Crippen molar-refractivity contribution < 1.29 is 24.2 Å². The first-order valence-corrected chi connectivity index (χ1v) is 16.8. The maximum atomic E-state index is 14.3. The summed E-state index contributed by atoms with van der Waals surface area (Å²) in [4.78, 5) is 42.4. The summed E-state index contributed by atoms with van der Waals surface area (Å²) in [5.41, 5.74) is 2.09. The number of hydrogen-bond acceptors (Lipinski definition) is 6. The van der Waals surface area contributed by atoms with E-state index in [4.69, 9.17) is 4.74 Å². The van der Waals surface area contributed by atoms with Crippen molar-refractivity contribution in [2.24, 2.45) is 5.92 Å². The maximum Gasteiger partial charge on any atom is 0.249 e. The zero-order valence-corrected chi connectivity index (χ0v) is 27.5. The highest BCUT2D eigenvalue weighted by Gasteiger charge is 2.52. The van der Waals surface area contributed by atoms with Gasteiger partial charge in [-0.3, -0.25) is 14.4 Å². The number of ether oxygens (including phenoxy) is 1. The Labute approximate surface area is 278 Å². The number of carbonyl (C=O) groups excluding carboxylic acids is 3. The Morgan fingerprint density at radius 1 is 0.979 bits per heavy atom. The Morgan fingerprint density at radius 3 is 2.32 bits per heavy atom. The van der Waals surface area contributed by atoms with Crippen LogP contribution in [0, 0.1) is 5.92 Å². The van der Waals surface area contributed by atoms with Gasteiger partial charge in [0.2, 0.25) is 17.7 Å². The third-order valence-corrected chi connectivity index (χ3v) is 9.33. The second-order valence-corrected chi connectivity index (χ2v) is 13.1. The lowest BCUT2D eigenvalue weighted by Gasteiger charge is -2.33. The Morgan fingerprint density at radius 2 is 1.66 bits per heavy atom. The molecule has 250 valence electrons. The van der Waals surface area contributed by atoms with Crippen molar-refractivity contribution in [1.82, 2.24) is 20.9 Å². The largest absolute Gasteiger partial charge is 0.497 e. The quantitative estimate of drug-likeness (QED) is 0.178. The predicted molar refractivity (Wildman–Crippen MR) is 182 cm³/mol. The van der Waals surface area contributed by atoms with Crippen LogP contribution >= 0.6 is 0 Å². The molecule has 0 radical (unpaired) electrons. The summed E-state index contributed by atoms with van der Waals surface area (Å²) in [5, 5.41) is 20.9. The van der Waals surface area contributed by atoms with Crippen molar-refractivity contribution in [3.8, 4) is 5.75 Å². The number of hydrogen-bond donors (Lipinski definition) is 4. The molecule has 9 nitrogen and oxygen atoms in total. The monoisotopic (exact) mass is 640 g/mol. The minimum absolute atomic E-state index is 0.187. The number of aryl methyl sites for hydroxylation is 1. The Kier molecular flexibility index (Phi) is 11.7. The highest BCUT2D eigenvalue weighted by Crippen LogP contribution is 2.41. The van der Waals surface area contributed by atoms with E-state index >= 15 is 0 Å². The van der Waals surface area contributed by atoms with E-state index in [0.717, 1.165) is 35.3 Å². The fourth-order valence-corrected chi connectivity index (χ4v) is 6.70. The molecule has 3 amide bonds. The lowest BCUT2D eigenvalue weighted by atomic mass is 9.90. The fraction of sp³-hybridized carbons (Fsp3) is 0.447. The molecular weight excluding hydrogens is 592 g/mol. The van der Waals surface area contributed by atoms with Crippen molar-refractivity contribution in [1.29, 1.82) is 0 Å². The molecular formula is C38H48N4O5. The predicted octanol–water partition coefficient (Wildman–Crippen LogP) is 3.78. The molecule has 4 atom stereocenters. The normalized spacial score (nSPS) is 19.6. The van der Waals surface area contributed by atoms with E-state index in [-0.39, 0.29) is 24.3 Å². The molecule has 47 heavy (non-hydrogen) atoms. The van der Waals surface area contributed by atoms with Gasteiger partial charge in [-0.25, -0.2) is 0 Å². The minimum atomic E-state index is -0.981. The summed E-state index contributed by atoms with van der Waals surface area (Å²) in [5.74, 6) is 0.451. The van der Waals surface area contributed by atoms with Crippen molar-refractivity contribution >= 4 is 17.7 Å². The van der Waals surface area contributed by atoms with Crippen LogP contribution in [-0.4, -0.2) is 71.7 Å². The second kappa shape index (κ2) is 16.1. The molecule has 2 fully saturated rings. The Bertz CT molecular complexity index is 1480. The van der Waals surface area contributed by atoms with Gasteiger partial charge < -0.3 is 30.7 Å². The van der Waals surface area contributed by atoms with Crippen LogP contribution in [0.25, 0.3) is 0 Å². The molecule has 1 aliphatic carbocycles. The van der Waals surface area contributed by atoms with E-state index in [1.165, 1.54) is 6.92 Å². The molecule has 0 unspecified atom stereocenters. The molecule has 1 heterocycles. The molecule has 1 aliphatic heterocycles. The number of benzene rings is 3. The van der Waals surface area contributed by atoms with Gasteiger partial charge in [-0.05, 0) is 66.8 Å². The van der Waals surface area contributed by atoms with Gasteiger partial charge in [-0.15, -0.1) is 0 Å². The van der Waals surface area contributed by atoms with Crippen molar-refractivity contribution in [2.45, 2.75) is 82.1 Å². The lowest BCUT2D eigenvalue weighted by Crippen LogP contribution is -2.59. The van der Waals surface area contributed by atoms with Gasteiger partial charge in [-0.1, -0.05) is 85.6 Å². The standard InChI is InChI=1S/C38H48N4O5/c1-27(43)41-38(24-30-16-17-30)20-21-42(37(38)46)34(19-18-28-10-5-3-6-11-28)36(45)40-33(23-29-12-7-4-8-13-29)35(44)26-39-25-31-14-9-15-32(22-31)47-2/h3-15,22,30,33-35,39,44H,16-21,23-26H2,1-2H3,(H,40,45)(H,41,43)/t33-,34-,35+,38+/m0/s1. The number of nitrogens with zero attached hydrogens (tertiary/aromatic N) is 1. The number of amides is 3. The summed E-state index contributed by atoms with van der Waals surface area (Å²) >= 11 is 0. The molecule has 3 aromatic rings. The van der Waals surface area contributed by atoms with Crippen LogP contribution in [0.2, 0.25) is 0 Å². The van der Waals surface area contributed by atoms with Gasteiger partial charge in [0.15, 0.2) is 0 Å². The van der Waals surface area contributed by atoms with Gasteiger partial charge in [0.1, 0.15) is 17.3 Å². The molecule has 3 aromatic carbocycles. The summed E-state index contributed by atoms with van der Waals surface area (Å²) < 4.78 is 5.33. The van der Waals surface area contributed by atoms with E-state index < -0.39 is 23.7 Å². The van der Waals surface area contributed by atoms with Crippen LogP contribution in [-0.2, 0) is 33.8 Å². The fourth-order valence-electron chi connectivity index (χ4n) is 6.70. The third-order valence-electron chi connectivity index (χ3n) is 9.33. The van der Waals surface area contributed by atoms with Crippen LogP contribution in [0.4, 0.5) is 0 Å². The summed E-state index contributed by atoms with van der Waals surface area (Å²) in [6.45, 7) is 2.60. The summed E-state index contributed by atoms with van der Waals surface area (Å²) in [7, 11) is 1.63. The van der Waals surface area contributed by atoms with Gasteiger partial charge in [0.25, 0.3) is 0 Å². The summed E-state index contributed by atoms with van der Waals surface area (Å²) in [6.07, 6.45) is 3.72. The van der Waals surface area contributed by atoms with E-state index in [1.807, 2.05) is 84.9 Å². The molecule has 0 bridgehead atoms. The number of carbonyl (C=O) groups is 3. The average Bonchev–Trinajstić information content (AvgIpc) is 3.84. The first-order chi connectivity index (χ1) is 22.8. The zero-order valence-electron chi connectivity index (χ0n) is 27.5. The van der Waals surface area contributed by atoms with Crippen molar-refractivity contribution in [3.63, 3.8) is 0 Å². The highest BCUT2D eigenvalue weighted by molar-refractivity contribution is 5.96. The minimum Gasteiger partial charge on any atom is -0.497 e. The van der Waals surface area contributed by atoms with Gasteiger partial charge in [0, 0.05) is 26.6 Å². The number of nitrogens with one attached hydrogen (secondary N) is 3. The van der Waals surface area contributed by atoms with E-state index in [1.54, 1.807) is 12.0 Å². The SMILES string of the molecule is COc1cccc(CNC[C@@H](O)[C@H](Cc2ccccc2)NC(=O)[C@H](CCc2ccccc2)N2CC[C@](CC3CC3)(NC(C)=O)C2=O)c1. The van der Waals surface area contributed by atoms with Crippen molar-refractivity contribution in [2.75, 3.05) is 20.2 Å². The van der Waals surface area contributed by atoms with E-state index in [0.29, 0.717) is 51.1 Å². The van der Waals surface area contributed by atoms with Crippen LogP contribution < -0.4 is 20.7 Å². The van der Waals surface area contributed by atoms with Gasteiger partial charge in [-0.2, -0.15) is 0 Å². The molecule has 1 saturated heterocycles. The first kappa shape index (κ1) is 34.1. The number of rotatable bonds is 17. The number of aliphatic hydroxyl groups is 1. The maximum absolute atomic E-state index is 14.3. The highest BCUT2D eigenvalue weighted by atomic mass is 16.5. The number of aliphatic hydroxyl groups excluding tert-OH is 1. The summed E-state index contributed by atoms with van der Waals surface area (Å²) in [6, 6.07) is 26.1. The number of likely N-dealkylation sites (tertiary alicyclic amines) is 1. The van der Waals surface area contributed by atoms with Crippen LogP contribution in [0.5, 0.6) is 5.75 Å². The van der Waals surface area contributed by atoms with Gasteiger partial charge >= 0.3 is 0 Å². The molecule has 5 rings (SSSR count). The third kappa shape index (κ3) is 9.42. The smallest absolute Gasteiger partial charge is 0.249 e. The molecule has 9 heteroatoms. The Balaban J connectivity index is 1.34. The van der Waals surface area contributed by atoms with E-state index in [9.17, 15) is 19.5 Å².